The van der Waals surface area contributed by atoms with Gasteiger partial charge in [0.2, 0.25) is 0 Å². The molecule has 0 amide bonds. The van der Waals surface area contributed by atoms with Gasteiger partial charge in [0.25, 0.3) is 0 Å². The Morgan fingerprint density at radius 3 is 3.10 bits per heavy atom. The van der Waals surface area contributed by atoms with Crippen LogP contribution in [-0.2, 0) is 22.0 Å². The molecule has 0 aromatic carbocycles. The molecule has 0 radical (unpaired) electrons. The van der Waals surface area contributed by atoms with Crippen LogP contribution in [0.2, 0.25) is 0 Å². The fourth-order valence-corrected chi connectivity index (χ4v) is 3.72. The van der Waals surface area contributed by atoms with E-state index in [1.807, 2.05) is 18.3 Å². The Labute approximate surface area is 126 Å². The van der Waals surface area contributed by atoms with E-state index < -0.39 is 22.0 Å². The summed E-state index contributed by atoms with van der Waals surface area (Å²) in [5.74, 6) is -0.591. The van der Waals surface area contributed by atoms with Crippen molar-refractivity contribution in [1.82, 2.24) is 4.98 Å². The van der Waals surface area contributed by atoms with Gasteiger partial charge in [-0.1, -0.05) is 19.1 Å². The van der Waals surface area contributed by atoms with E-state index in [0.29, 0.717) is 5.92 Å². The molecule has 1 aromatic rings. The summed E-state index contributed by atoms with van der Waals surface area (Å²) >= 11 is 0. The van der Waals surface area contributed by atoms with Gasteiger partial charge in [0.1, 0.15) is 5.25 Å². The molecule has 3 atom stereocenters. The van der Waals surface area contributed by atoms with Gasteiger partial charge >= 0.3 is 5.97 Å². The van der Waals surface area contributed by atoms with Gasteiger partial charge in [0, 0.05) is 40.8 Å². The van der Waals surface area contributed by atoms with Crippen LogP contribution in [0.25, 0.3) is 6.08 Å². The molecule has 0 fully saturated rings. The lowest BCUT2D eigenvalue weighted by Crippen LogP contribution is -2.29. The molecule has 0 saturated heterocycles. The average Bonchev–Trinajstić information content (AvgIpc) is 2.86. The van der Waals surface area contributed by atoms with Crippen molar-refractivity contribution in [3.05, 3.63) is 29.1 Å². The second-order valence-electron chi connectivity index (χ2n) is 5.20. The van der Waals surface area contributed by atoms with Crippen molar-refractivity contribution in [3.63, 3.8) is 0 Å². The Morgan fingerprint density at radius 2 is 2.43 bits per heavy atom. The number of allylic oxidation sites excluding steroid dienone is 1. The van der Waals surface area contributed by atoms with Gasteiger partial charge in [-0.05, 0) is 24.0 Å². The number of rotatable bonds is 6. The maximum Gasteiger partial charge on any atom is 0.319 e. The summed E-state index contributed by atoms with van der Waals surface area (Å²) in [7, 11) is -1.54. The predicted octanol–water partition coefficient (Wildman–Crippen LogP) is 2.19. The highest BCUT2D eigenvalue weighted by molar-refractivity contribution is 7.86. The van der Waals surface area contributed by atoms with Crippen molar-refractivity contribution in [1.29, 1.82) is 5.26 Å². The van der Waals surface area contributed by atoms with Crippen LogP contribution >= 0.6 is 0 Å². The Hall–Kier alpha value is -1.87. The van der Waals surface area contributed by atoms with Gasteiger partial charge in [-0.15, -0.1) is 0 Å². The highest BCUT2D eigenvalue weighted by atomic mass is 32.2. The highest BCUT2D eigenvalue weighted by Gasteiger charge is 2.27. The number of nitriles is 1. The van der Waals surface area contributed by atoms with E-state index in [4.69, 9.17) is 5.26 Å². The first-order valence-electron chi connectivity index (χ1n) is 6.88. The zero-order chi connectivity index (χ0) is 15.4. The first-order valence-corrected chi connectivity index (χ1v) is 8.26. The quantitative estimate of drug-likeness (QED) is 0.842. The SMILES string of the molecule is CC1CC=Cc2c(C[C@@H](C(=O)O)S(=O)CCC#N)c[nH]c21. The summed E-state index contributed by atoms with van der Waals surface area (Å²) in [6, 6.07) is 1.90. The second-order valence-corrected chi connectivity index (χ2v) is 6.94. The van der Waals surface area contributed by atoms with E-state index in [1.54, 1.807) is 0 Å². The summed E-state index contributed by atoms with van der Waals surface area (Å²) in [5.41, 5.74) is 3.02. The fourth-order valence-electron chi connectivity index (χ4n) is 2.56. The van der Waals surface area contributed by atoms with Crippen molar-refractivity contribution in [2.75, 3.05) is 5.75 Å². The molecule has 0 bridgehead atoms. The van der Waals surface area contributed by atoms with Crippen molar-refractivity contribution in [2.24, 2.45) is 0 Å². The zero-order valence-electron chi connectivity index (χ0n) is 11.8. The molecular weight excluding hydrogens is 288 g/mol. The normalized spacial score (nSPS) is 19.5. The van der Waals surface area contributed by atoms with Gasteiger partial charge in [0.05, 0.1) is 6.07 Å². The fraction of sp³-hybridized carbons (Fsp3) is 0.467. The standard InChI is InChI=1S/C15H18N2O3S/c1-10-4-2-5-12-11(9-17-14(10)12)8-13(15(18)19)21(20)7-3-6-16/h2,5,9-10,13,17H,3-4,7-8H2,1H3,(H,18,19)/t10?,13-,21?/m0/s1. The van der Waals surface area contributed by atoms with E-state index in [1.165, 1.54) is 0 Å². The second kappa shape index (κ2) is 6.72. The molecule has 6 heteroatoms. The van der Waals surface area contributed by atoms with Gasteiger partial charge in [0.15, 0.2) is 0 Å². The molecule has 5 nitrogen and oxygen atoms in total. The van der Waals surface area contributed by atoms with E-state index >= 15 is 0 Å². The monoisotopic (exact) mass is 306 g/mol. The third-order valence-electron chi connectivity index (χ3n) is 3.72. The smallest absolute Gasteiger partial charge is 0.319 e. The Balaban J connectivity index is 2.19. The number of H-pyrrole nitrogens is 1. The largest absolute Gasteiger partial charge is 0.480 e. The molecular formula is C15H18N2O3S. The molecule has 2 unspecified atom stereocenters. The molecule has 21 heavy (non-hydrogen) atoms. The number of carbonyl (C=O) groups is 1. The van der Waals surface area contributed by atoms with Crippen molar-refractivity contribution in [3.8, 4) is 6.07 Å². The third kappa shape index (κ3) is 3.42. The first-order chi connectivity index (χ1) is 10.0. The minimum absolute atomic E-state index is 0.103. The van der Waals surface area contributed by atoms with Crippen LogP contribution in [0.3, 0.4) is 0 Å². The van der Waals surface area contributed by atoms with Crippen LogP contribution in [0.15, 0.2) is 12.3 Å². The minimum atomic E-state index is -1.54. The number of aliphatic carboxylic acids is 1. The third-order valence-corrected chi connectivity index (χ3v) is 5.33. The summed E-state index contributed by atoms with van der Waals surface area (Å²) in [6.07, 6.45) is 7.18. The van der Waals surface area contributed by atoms with Crippen LogP contribution in [0.5, 0.6) is 0 Å². The van der Waals surface area contributed by atoms with Gasteiger partial charge in [-0.25, -0.2) is 0 Å². The summed E-state index contributed by atoms with van der Waals surface area (Å²) in [6.45, 7) is 2.11. The van der Waals surface area contributed by atoms with Crippen molar-refractivity contribution in [2.45, 2.75) is 37.4 Å². The molecule has 1 heterocycles. The molecule has 0 aliphatic heterocycles. The van der Waals surface area contributed by atoms with E-state index in [0.717, 1.165) is 23.2 Å². The Bertz CT molecular complexity index is 627. The van der Waals surface area contributed by atoms with Crippen LogP contribution < -0.4 is 0 Å². The van der Waals surface area contributed by atoms with E-state index in [9.17, 15) is 14.1 Å². The lowest BCUT2D eigenvalue weighted by molar-refractivity contribution is -0.136. The maximum atomic E-state index is 12.1. The van der Waals surface area contributed by atoms with Gasteiger partial charge in [-0.3, -0.25) is 9.00 Å². The molecule has 1 aromatic heterocycles. The number of hydrogen-bond acceptors (Lipinski definition) is 3. The number of aromatic nitrogens is 1. The lowest BCUT2D eigenvalue weighted by Gasteiger charge is -2.16. The van der Waals surface area contributed by atoms with Crippen molar-refractivity contribution >= 4 is 22.8 Å². The van der Waals surface area contributed by atoms with Crippen LogP contribution in [0.1, 0.15) is 42.5 Å². The van der Waals surface area contributed by atoms with Gasteiger partial charge < -0.3 is 10.1 Å². The van der Waals surface area contributed by atoms with Crippen molar-refractivity contribution < 1.29 is 14.1 Å². The maximum absolute atomic E-state index is 12.1. The zero-order valence-corrected chi connectivity index (χ0v) is 12.7. The number of fused-ring (bicyclic) bond motifs is 1. The van der Waals surface area contributed by atoms with E-state index in [2.05, 4.69) is 18.0 Å². The van der Waals surface area contributed by atoms with Crippen LogP contribution in [0, 0.1) is 11.3 Å². The van der Waals surface area contributed by atoms with Gasteiger partial charge in [-0.2, -0.15) is 5.26 Å². The summed E-state index contributed by atoms with van der Waals surface area (Å²) < 4.78 is 12.1. The predicted molar refractivity (Wildman–Crippen MR) is 81.2 cm³/mol. The highest BCUT2D eigenvalue weighted by Crippen LogP contribution is 2.31. The average molecular weight is 306 g/mol. The number of nitrogens with zero attached hydrogens (tertiary/aromatic N) is 1. The summed E-state index contributed by atoms with van der Waals surface area (Å²) in [5, 5.41) is 16.9. The van der Waals surface area contributed by atoms with E-state index in [-0.39, 0.29) is 18.6 Å². The topological polar surface area (TPSA) is 93.9 Å². The number of carboxylic acid groups (broad SMARTS) is 1. The minimum Gasteiger partial charge on any atom is -0.480 e. The van der Waals surface area contributed by atoms with Crippen LogP contribution in [0.4, 0.5) is 0 Å². The van der Waals surface area contributed by atoms with Crippen LogP contribution in [-0.4, -0.2) is 31.3 Å². The first kappa shape index (κ1) is 15.5. The molecule has 1 aliphatic rings. The number of hydrogen-bond donors (Lipinski definition) is 2. The Kier molecular flexibility index (Phi) is 4.97. The number of carboxylic acids is 1. The number of nitrogens with one attached hydrogen (secondary N) is 1. The summed E-state index contributed by atoms with van der Waals surface area (Å²) in [4.78, 5) is 14.6. The molecule has 2 N–H and O–H groups in total. The molecule has 2 rings (SSSR count). The molecule has 0 spiro atoms. The number of aromatic amines is 1. The Morgan fingerprint density at radius 1 is 1.67 bits per heavy atom. The molecule has 0 saturated carbocycles. The lowest BCUT2D eigenvalue weighted by atomic mass is 9.92. The molecule has 112 valence electrons. The molecule has 1 aliphatic carbocycles.